The molecule has 1 N–H and O–H groups in total. The maximum absolute atomic E-state index is 12.6. The number of hydrogen-bond donors (Lipinski definition) is 1. The molecular formula is C23H23NO3S. The lowest BCUT2D eigenvalue weighted by Crippen LogP contribution is -2.11. The van der Waals surface area contributed by atoms with E-state index in [4.69, 9.17) is 9.47 Å². The zero-order valence-electron chi connectivity index (χ0n) is 16.2. The molecule has 0 unspecified atom stereocenters. The maximum Gasteiger partial charge on any atom is 0.265 e. The third kappa shape index (κ3) is 4.81. The monoisotopic (exact) mass is 393 g/mol. The first-order valence-electron chi connectivity index (χ1n) is 8.98. The van der Waals surface area contributed by atoms with E-state index in [-0.39, 0.29) is 5.91 Å². The molecule has 1 aromatic heterocycles. The van der Waals surface area contributed by atoms with E-state index in [1.165, 1.54) is 11.3 Å². The quantitative estimate of drug-likeness (QED) is 0.541. The Balaban J connectivity index is 1.67. The lowest BCUT2D eigenvalue weighted by atomic mass is 10.2. The topological polar surface area (TPSA) is 47.6 Å². The summed E-state index contributed by atoms with van der Waals surface area (Å²) in [7, 11) is 1.59. The summed E-state index contributed by atoms with van der Waals surface area (Å²) in [5.74, 6) is 1.30. The fourth-order valence-electron chi connectivity index (χ4n) is 2.76. The molecule has 3 aromatic rings. The summed E-state index contributed by atoms with van der Waals surface area (Å²) in [4.78, 5) is 13.2. The second kappa shape index (κ2) is 9.24. The number of amides is 1. The van der Waals surface area contributed by atoms with Gasteiger partial charge in [-0.15, -0.1) is 11.3 Å². The second-order valence-electron chi connectivity index (χ2n) is 6.30. The van der Waals surface area contributed by atoms with Gasteiger partial charge in [-0.05, 0) is 49.1 Å². The van der Waals surface area contributed by atoms with E-state index in [1.54, 1.807) is 7.11 Å². The molecule has 1 heterocycles. The van der Waals surface area contributed by atoms with E-state index >= 15 is 0 Å². The number of anilines is 1. The molecule has 28 heavy (non-hydrogen) atoms. The molecule has 0 aliphatic rings. The number of nitrogens with one attached hydrogen (secondary N) is 1. The average molecular weight is 394 g/mol. The van der Waals surface area contributed by atoms with Gasteiger partial charge >= 0.3 is 0 Å². The van der Waals surface area contributed by atoms with E-state index in [0.29, 0.717) is 22.9 Å². The zero-order chi connectivity index (χ0) is 19.9. The summed E-state index contributed by atoms with van der Waals surface area (Å²) in [6, 6.07) is 15.4. The van der Waals surface area contributed by atoms with Crippen LogP contribution in [-0.2, 0) is 6.61 Å². The van der Waals surface area contributed by atoms with Crippen molar-refractivity contribution in [3.63, 3.8) is 0 Å². The third-order valence-corrected chi connectivity index (χ3v) is 5.12. The van der Waals surface area contributed by atoms with Gasteiger partial charge in [-0.25, -0.2) is 0 Å². The molecule has 0 atom stereocenters. The van der Waals surface area contributed by atoms with Gasteiger partial charge < -0.3 is 14.8 Å². The normalized spacial score (nSPS) is 10.8. The van der Waals surface area contributed by atoms with Crippen molar-refractivity contribution in [3.05, 3.63) is 81.6 Å². The first-order chi connectivity index (χ1) is 13.6. The highest BCUT2D eigenvalue weighted by Gasteiger charge is 2.13. The molecule has 5 heteroatoms. The summed E-state index contributed by atoms with van der Waals surface area (Å²) < 4.78 is 11.3. The Bertz CT molecular complexity index is 991. The van der Waals surface area contributed by atoms with Gasteiger partial charge in [-0.2, -0.15) is 0 Å². The van der Waals surface area contributed by atoms with Crippen LogP contribution >= 0.6 is 11.3 Å². The Labute approximate surface area is 169 Å². The van der Waals surface area contributed by atoms with Crippen molar-refractivity contribution in [3.8, 4) is 11.5 Å². The standard InChI is InChI=1S/C23H23NO3S/c1-4-7-18-8-5-6-9-20(18)27-14-17-13-22(28-15-17)23(25)24-19-12-16(2)10-11-21(19)26-3/h4-13,15H,14H2,1-3H3,(H,24,25)/b7-4+. The smallest absolute Gasteiger partial charge is 0.265 e. The van der Waals surface area contributed by atoms with Crippen LogP contribution in [0.4, 0.5) is 5.69 Å². The number of aryl methyl sites for hydroxylation is 1. The van der Waals surface area contributed by atoms with Gasteiger partial charge in [0.05, 0.1) is 17.7 Å². The lowest BCUT2D eigenvalue weighted by molar-refractivity contribution is 0.103. The Kier molecular flexibility index (Phi) is 6.50. The molecule has 2 aromatic carbocycles. The summed E-state index contributed by atoms with van der Waals surface area (Å²) in [6.45, 7) is 4.36. The fourth-order valence-corrected chi connectivity index (χ4v) is 3.56. The molecule has 0 spiro atoms. The van der Waals surface area contributed by atoms with Gasteiger partial charge in [0.15, 0.2) is 0 Å². The van der Waals surface area contributed by atoms with Gasteiger partial charge in [0.25, 0.3) is 5.91 Å². The number of para-hydroxylation sites is 1. The lowest BCUT2D eigenvalue weighted by Gasteiger charge is -2.10. The largest absolute Gasteiger partial charge is 0.495 e. The summed E-state index contributed by atoms with van der Waals surface area (Å²) in [5, 5.41) is 4.87. The van der Waals surface area contributed by atoms with Gasteiger partial charge in [-0.1, -0.05) is 36.4 Å². The predicted molar refractivity (Wildman–Crippen MR) is 115 cm³/mol. The molecule has 3 rings (SSSR count). The number of hydrogen-bond acceptors (Lipinski definition) is 4. The van der Waals surface area contributed by atoms with E-state index in [0.717, 1.165) is 22.4 Å². The fraction of sp³-hybridized carbons (Fsp3) is 0.174. The van der Waals surface area contributed by atoms with E-state index in [2.05, 4.69) is 5.32 Å². The van der Waals surface area contributed by atoms with Gasteiger partial charge in [0, 0.05) is 11.1 Å². The van der Waals surface area contributed by atoms with Crippen molar-refractivity contribution in [1.29, 1.82) is 0 Å². The highest BCUT2D eigenvalue weighted by atomic mass is 32.1. The highest BCUT2D eigenvalue weighted by molar-refractivity contribution is 7.12. The van der Waals surface area contributed by atoms with Crippen molar-refractivity contribution in [2.24, 2.45) is 0 Å². The molecule has 1 amide bonds. The maximum atomic E-state index is 12.6. The van der Waals surface area contributed by atoms with Crippen molar-refractivity contribution >= 4 is 29.0 Å². The van der Waals surface area contributed by atoms with Crippen LogP contribution in [0.1, 0.15) is 33.3 Å². The van der Waals surface area contributed by atoms with Crippen LogP contribution in [0.2, 0.25) is 0 Å². The SMILES string of the molecule is C/C=C/c1ccccc1OCc1csc(C(=O)Nc2cc(C)ccc2OC)c1. The third-order valence-electron chi connectivity index (χ3n) is 4.14. The minimum atomic E-state index is -0.158. The Morgan fingerprint density at radius 3 is 2.75 bits per heavy atom. The van der Waals surface area contributed by atoms with Crippen molar-refractivity contribution in [2.45, 2.75) is 20.5 Å². The molecule has 0 aliphatic heterocycles. The zero-order valence-corrected chi connectivity index (χ0v) is 17.0. The first kappa shape index (κ1) is 19.7. The molecule has 0 fully saturated rings. The van der Waals surface area contributed by atoms with E-state index < -0.39 is 0 Å². The number of carbonyl (C=O) groups is 1. The van der Waals surface area contributed by atoms with Crippen LogP contribution in [0.5, 0.6) is 11.5 Å². The minimum Gasteiger partial charge on any atom is -0.495 e. The van der Waals surface area contributed by atoms with E-state index in [9.17, 15) is 4.79 Å². The molecule has 0 aliphatic carbocycles. The number of allylic oxidation sites excluding steroid dienone is 1. The molecular weight excluding hydrogens is 370 g/mol. The van der Waals surface area contributed by atoms with Crippen LogP contribution in [0.3, 0.4) is 0 Å². The highest BCUT2D eigenvalue weighted by Crippen LogP contribution is 2.27. The molecule has 144 valence electrons. The average Bonchev–Trinajstić information content (AvgIpc) is 3.17. The number of methoxy groups -OCH3 is 1. The van der Waals surface area contributed by atoms with Gasteiger partial charge in [0.1, 0.15) is 18.1 Å². The first-order valence-corrected chi connectivity index (χ1v) is 9.86. The predicted octanol–water partition coefficient (Wildman–Crippen LogP) is 5.93. The Morgan fingerprint density at radius 1 is 1.14 bits per heavy atom. The number of ether oxygens (including phenoxy) is 2. The Hall–Kier alpha value is -3.05. The van der Waals surface area contributed by atoms with Crippen LogP contribution < -0.4 is 14.8 Å². The van der Waals surface area contributed by atoms with E-state index in [1.807, 2.05) is 79.9 Å². The van der Waals surface area contributed by atoms with Crippen molar-refractivity contribution in [2.75, 3.05) is 12.4 Å². The number of carbonyl (C=O) groups excluding carboxylic acids is 1. The molecule has 0 saturated carbocycles. The number of rotatable bonds is 7. The van der Waals surface area contributed by atoms with Crippen LogP contribution in [0, 0.1) is 6.92 Å². The van der Waals surface area contributed by atoms with Crippen LogP contribution in [0.15, 0.2) is 60.0 Å². The van der Waals surface area contributed by atoms with Crippen molar-refractivity contribution in [1.82, 2.24) is 0 Å². The van der Waals surface area contributed by atoms with Gasteiger partial charge in [-0.3, -0.25) is 4.79 Å². The Morgan fingerprint density at radius 2 is 1.96 bits per heavy atom. The van der Waals surface area contributed by atoms with Gasteiger partial charge in [0.2, 0.25) is 0 Å². The van der Waals surface area contributed by atoms with Crippen LogP contribution in [-0.4, -0.2) is 13.0 Å². The molecule has 0 saturated heterocycles. The molecule has 4 nitrogen and oxygen atoms in total. The summed E-state index contributed by atoms with van der Waals surface area (Å²) in [6.07, 6.45) is 3.99. The number of thiophene rings is 1. The molecule has 0 radical (unpaired) electrons. The summed E-state index contributed by atoms with van der Waals surface area (Å²) in [5.41, 5.74) is 3.71. The summed E-state index contributed by atoms with van der Waals surface area (Å²) >= 11 is 1.40. The number of benzene rings is 2. The minimum absolute atomic E-state index is 0.158. The molecule has 0 bridgehead atoms. The second-order valence-corrected chi connectivity index (χ2v) is 7.21. The van der Waals surface area contributed by atoms with Crippen LogP contribution in [0.25, 0.3) is 6.08 Å². The van der Waals surface area contributed by atoms with Crippen molar-refractivity contribution < 1.29 is 14.3 Å².